The maximum atomic E-state index is 12.2. The lowest BCUT2D eigenvalue weighted by Gasteiger charge is -2.17. The molecule has 1 N–H and O–H groups in total. The third-order valence-electron chi connectivity index (χ3n) is 3.48. The molecule has 4 heteroatoms. The Morgan fingerprint density at radius 2 is 1.75 bits per heavy atom. The molecule has 0 aliphatic carbocycles. The summed E-state index contributed by atoms with van der Waals surface area (Å²) in [6.07, 6.45) is -4.17. The zero-order chi connectivity index (χ0) is 14.6. The first kappa shape index (κ1) is 14.9. The second-order valence-corrected chi connectivity index (χ2v) is 4.96. The molecule has 0 aromatic heterocycles. The van der Waals surface area contributed by atoms with Crippen LogP contribution in [0.5, 0.6) is 0 Å². The third-order valence-corrected chi connectivity index (χ3v) is 3.48. The summed E-state index contributed by atoms with van der Waals surface area (Å²) in [7, 11) is 1.79. The normalized spacial score (nSPS) is 13.6. The number of hydrogen-bond acceptors (Lipinski definition) is 1. The van der Waals surface area contributed by atoms with Crippen LogP contribution in [0.15, 0.2) is 42.5 Å². The van der Waals surface area contributed by atoms with Gasteiger partial charge in [0.1, 0.15) is 0 Å². The van der Waals surface area contributed by atoms with Gasteiger partial charge in [-0.3, -0.25) is 0 Å². The molecule has 2 rings (SSSR count). The summed E-state index contributed by atoms with van der Waals surface area (Å²) in [5, 5.41) is 5.35. The highest BCUT2D eigenvalue weighted by Crippen LogP contribution is 2.27. The number of hydrogen-bond donors (Lipinski definition) is 1. The molecule has 0 aliphatic rings. The molecule has 0 radical (unpaired) electrons. The van der Waals surface area contributed by atoms with E-state index in [0.29, 0.717) is 6.42 Å². The molecule has 0 spiro atoms. The van der Waals surface area contributed by atoms with E-state index in [1.165, 1.54) is 0 Å². The summed E-state index contributed by atoms with van der Waals surface area (Å²) in [4.78, 5) is 0. The molecule has 2 aromatic carbocycles. The van der Waals surface area contributed by atoms with Gasteiger partial charge >= 0.3 is 6.18 Å². The fraction of sp³-hybridized carbons (Fsp3) is 0.375. The third kappa shape index (κ3) is 3.97. The van der Waals surface area contributed by atoms with Gasteiger partial charge in [0.2, 0.25) is 0 Å². The Hall–Kier alpha value is -1.55. The van der Waals surface area contributed by atoms with Gasteiger partial charge in [-0.05, 0) is 42.3 Å². The molecule has 1 nitrogen and oxygen atoms in total. The van der Waals surface area contributed by atoms with Gasteiger partial charge in [0.25, 0.3) is 0 Å². The summed E-state index contributed by atoms with van der Waals surface area (Å²) in [6, 6.07) is 14.0. The van der Waals surface area contributed by atoms with E-state index in [4.69, 9.17) is 0 Å². The van der Waals surface area contributed by atoms with E-state index in [9.17, 15) is 13.2 Å². The van der Waals surface area contributed by atoms with Crippen molar-refractivity contribution in [1.29, 1.82) is 0 Å². The molecule has 0 amide bonds. The molecule has 2 aromatic rings. The van der Waals surface area contributed by atoms with E-state index in [1.54, 1.807) is 7.05 Å². The second-order valence-electron chi connectivity index (χ2n) is 4.96. The fourth-order valence-electron chi connectivity index (χ4n) is 2.41. The first-order chi connectivity index (χ1) is 9.49. The number of alkyl halides is 3. The fourth-order valence-corrected chi connectivity index (χ4v) is 2.41. The van der Waals surface area contributed by atoms with Crippen LogP contribution in [0.4, 0.5) is 13.2 Å². The summed E-state index contributed by atoms with van der Waals surface area (Å²) in [5.41, 5.74) is 1.04. The van der Waals surface area contributed by atoms with Gasteiger partial charge < -0.3 is 5.32 Å². The van der Waals surface area contributed by atoms with Crippen molar-refractivity contribution in [3.8, 4) is 0 Å². The van der Waals surface area contributed by atoms with E-state index in [2.05, 4.69) is 5.32 Å². The summed E-state index contributed by atoms with van der Waals surface area (Å²) < 4.78 is 36.6. The summed E-state index contributed by atoms with van der Waals surface area (Å²) >= 11 is 0. The van der Waals surface area contributed by atoms with Crippen LogP contribution < -0.4 is 5.32 Å². The Morgan fingerprint density at radius 1 is 1.05 bits per heavy atom. The minimum Gasteiger partial charge on any atom is -0.313 e. The largest absolute Gasteiger partial charge is 0.389 e. The predicted molar refractivity (Wildman–Crippen MR) is 75.7 cm³/mol. The van der Waals surface area contributed by atoms with E-state index < -0.39 is 12.6 Å². The van der Waals surface area contributed by atoms with E-state index in [0.717, 1.165) is 16.3 Å². The van der Waals surface area contributed by atoms with Gasteiger partial charge in [-0.15, -0.1) is 0 Å². The molecule has 1 atom stereocenters. The number of fused-ring (bicyclic) bond motifs is 1. The van der Waals surface area contributed by atoms with Crippen LogP contribution in [0, 0.1) is 0 Å². The Morgan fingerprint density at radius 3 is 2.40 bits per heavy atom. The molecule has 0 saturated carbocycles. The van der Waals surface area contributed by atoms with E-state index >= 15 is 0 Å². The molecule has 0 heterocycles. The van der Waals surface area contributed by atoms with Crippen molar-refractivity contribution in [1.82, 2.24) is 5.32 Å². The van der Waals surface area contributed by atoms with Gasteiger partial charge in [0.05, 0.1) is 0 Å². The van der Waals surface area contributed by atoms with Crippen molar-refractivity contribution < 1.29 is 13.2 Å². The standard InChI is InChI=1S/C16H18F3N/c1-20-15(7-4-10-16(17,18)19)14-9-8-12-5-2-3-6-13(12)11-14/h2-3,5-6,8-9,11,15,20H,4,7,10H2,1H3. The van der Waals surface area contributed by atoms with Crippen molar-refractivity contribution in [2.45, 2.75) is 31.5 Å². The van der Waals surface area contributed by atoms with Crippen molar-refractivity contribution in [3.05, 3.63) is 48.0 Å². The zero-order valence-corrected chi connectivity index (χ0v) is 11.4. The summed E-state index contributed by atoms with van der Waals surface area (Å²) in [5.74, 6) is 0. The van der Waals surface area contributed by atoms with E-state index in [1.807, 2.05) is 42.5 Å². The molecule has 0 fully saturated rings. The molecule has 20 heavy (non-hydrogen) atoms. The van der Waals surface area contributed by atoms with Gasteiger partial charge in [-0.2, -0.15) is 13.2 Å². The molecule has 0 aliphatic heterocycles. The second kappa shape index (κ2) is 6.27. The molecule has 0 bridgehead atoms. The summed E-state index contributed by atoms with van der Waals surface area (Å²) in [6.45, 7) is 0. The maximum Gasteiger partial charge on any atom is 0.389 e. The Kier molecular flexibility index (Phi) is 4.65. The van der Waals surface area contributed by atoms with Crippen LogP contribution in [0.1, 0.15) is 30.9 Å². The molecule has 0 saturated heterocycles. The van der Waals surface area contributed by atoms with Crippen LogP contribution in [-0.4, -0.2) is 13.2 Å². The van der Waals surface area contributed by atoms with Crippen molar-refractivity contribution in [2.24, 2.45) is 0 Å². The topological polar surface area (TPSA) is 12.0 Å². The highest BCUT2D eigenvalue weighted by Gasteiger charge is 2.26. The monoisotopic (exact) mass is 281 g/mol. The Bertz CT molecular complexity index is 563. The molecular formula is C16H18F3N. The maximum absolute atomic E-state index is 12.2. The van der Waals surface area contributed by atoms with Crippen LogP contribution in [0.25, 0.3) is 10.8 Å². The lowest BCUT2D eigenvalue weighted by molar-refractivity contribution is -0.135. The van der Waals surface area contributed by atoms with Crippen LogP contribution in [-0.2, 0) is 0 Å². The Balaban J connectivity index is 2.09. The zero-order valence-electron chi connectivity index (χ0n) is 11.4. The highest BCUT2D eigenvalue weighted by molar-refractivity contribution is 5.83. The van der Waals surface area contributed by atoms with Gasteiger partial charge in [0, 0.05) is 12.5 Å². The average Bonchev–Trinajstić information content (AvgIpc) is 2.42. The van der Waals surface area contributed by atoms with Crippen LogP contribution >= 0.6 is 0 Å². The first-order valence-corrected chi connectivity index (χ1v) is 6.72. The van der Waals surface area contributed by atoms with Crippen LogP contribution in [0.2, 0.25) is 0 Å². The SMILES string of the molecule is CNC(CCCC(F)(F)F)c1ccc2ccccc2c1. The lowest BCUT2D eigenvalue weighted by Crippen LogP contribution is -2.17. The van der Waals surface area contributed by atoms with E-state index in [-0.39, 0.29) is 12.5 Å². The quantitative estimate of drug-likeness (QED) is 0.827. The number of benzene rings is 2. The minimum absolute atomic E-state index is 0.0399. The first-order valence-electron chi connectivity index (χ1n) is 6.72. The minimum atomic E-state index is -4.07. The molecular weight excluding hydrogens is 263 g/mol. The van der Waals surface area contributed by atoms with Crippen molar-refractivity contribution >= 4 is 10.8 Å². The highest BCUT2D eigenvalue weighted by atomic mass is 19.4. The predicted octanol–water partition coefficient (Wildman–Crippen LogP) is 4.83. The number of rotatable bonds is 5. The average molecular weight is 281 g/mol. The molecule has 108 valence electrons. The van der Waals surface area contributed by atoms with Gasteiger partial charge in [-0.25, -0.2) is 0 Å². The van der Waals surface area contributed by atoms with Gasteiger partial charge in [-0.1, -0.05) is 36.4 Å². The number of halogens is 3. The van der Waals surface area contributed by atoms with Crippen molar-refractivity contribution in [3.63, 3.8) is 0 Å². The van der Waals surface area contributed by atoms with Gasteiger partial charge in [0.15, 0.2) is 0 Å². The smallest absolute Gasteiger partial charge is 0.313 e. The Labute approximate surface area is 116 Å². The van der Waals surface area contributed by atoms with Crippen LogP contribution in [0.3, 0.4) is 0 Å². The number of nitrogens with one attached hydrogen (secondary N) is 1. The molecule has 1 unspecified atom stereocenters. The van der Waals surface area contributed by atoms with Crippen molar-refractivity contribution in [2.75, 3.05) is 7.05 Å². The lowest BCUT2D eigenvalue weighted by atomic mass is 9.98.